The topological polar surface area (TPSA) is 88.8 Å². The molecule has 2 aromatic heterocycles. The number of fused-ring (bicyclic) bond motifs is 1. The van der Waals surface area contributed by atoms with Crippen molar-refractivity contribution in [3.8, 4) is 0 Å². The van der Waals surface area contributed by atoms with E-state index in [2.05, 4.69) is 35.5 Å². The van der Waals surface area contributed by atoms with Crippen LogP contribution >= 0.6 is 0 Å². The van der Waals surface area contributed by atoms with Crippen LogP contribution in [0.15, 0.2) is 4.63 Å². The lowest BCUT2D eigenvalue weighted by Crippen LogP contribution is -2.02. The van der Waals surface area contributed by atoms with E-state index in [1.54, 1.807) is 14.1 Å². The molecule has 0 saturated carbocycles. The summed E-state index contributed by atoms with van der Waals surface area (Å²) in [6, 6.07) is 0. The Kier molecular flexibility index (Phi) is 1.69. The van der Waals surface area contributed by atoms with E-state index < -0.39 is 0 Å². The second-order valence-electron chi connectivity index (χ2n) is 2.33. The van der Waals surface area contributed by atoms with E-state index in [1.165, 1.54) is 0 Å². The van der Waals surface area contributed by atoms with Gasteiger partial charge in [-0.15, -0.1) is 0 Å². The molecule has 0 aliphatic carbocycles. The fourth-order valence-corrected chi connectivity index (χ4v) is 0.987. The molecule has 0 aliphatic rings. The third-order valence-electron chi connectivity index (χ3n) is 1.59. The Labute approximate surface area is 73.5 Å². The van der Waals surface area contributed by atoms with Crippen molar-refractivity contribution in [3.63, 3.8) is 0 Å². The maximum atomic E-state index is 4.48. The Morgan fingerprint density at radius 1 is 0.923 bits per heavy atom. The number of nitrogens with one attached hydrogen (secondary N) is 2. The van der Waals surface area contributed by atoms with Crippen LogP contribution in [0.2, 0.25) is 0 Å². The minimum absolute atomic E-state index is 0.392. The summed E-state index contributed by atoms with van der Waals surface area (Å²) in [6.07, 6.45) is 0. The summed E-state index contributed by atoms with van der Waals surface area (Å²) in [5.41, 5.74) is 0.784. The molecule has 0 fully saturated rings. The van der Waals surface area contributed by atoms with E-state index in [0.717, 1.165) is 0 Å². The van der Waals surface area contributed by atoms with Crippen molar-refractivity contribution in [1.29, 1.82) is 0 Å². The molecule has 0 radical (unpaired) electrons. The van der Waals surface area contributed by atoms with Crippen molar-refractivity contribution in [2.24, 2.45) is 0 Å². The van der Waals surface area contributed by atoms with Crippen LogP contribution < -0.4 is 10.6 Å². The van der Waals surface area contributed by atoms with Crippen LogP contribution in [-0.4, -0.2) is 34.4 Å². The zero-order chi connectivity index (χ0) is 9.26. The first-order valence-electron chi connectivity index (χ1n) is 3.71. The highest BCUT2D eigenvalue weighted by Crippen LogP contribution is 2.17. The summed E-state index contributed by atoms with van der Waals surface area (Å²) >= 11 is 0. The van der Waals surface area contributed by atoms with Gasteiger partial charge in [-0.1, -0.05) is 0 Å². The van der Waals surface area contributed by atoms with Gasteiger partial charge in [0, 0.05) is 14.1 Å². The molecule has 2 rings (SSSR count). The first kappa shape index (κ1) is 7.71. The first-order valence-corrected chi connectivity index (χ1v) is 3.71. The van der Waals surface area contributed by atoms with Crippen molar-refractivity contribution < 1.29 is 4.63 Å². The molecule has 0 aromatic carbocycles. The van der Waals surface area contributed by atoms with Gasteiger partial charge in [0.15, 0.2) is 11.6 Å². The Bertz CT molecular complexity index is 386. The largest absolute Gasteiger partial charge is 0.370 e. The minimum atomic E-state index is 0.392. The normalized spacial score (nSPS) is 10.3. The van der Waals surface area contributed by atoms with Gasteiger partial charge in [-0.3, -0.25) is 0 Å². The highest BCUT2D eigenvalue weighted by Gasteiger charge is 2.09. The average Bonchev–Trinajstić information content (AvgIpc) is 2.62. The van der Waals surface area contributed by atoms with Crippen LogP contribution in [0.5, 0.6) is 0 Å². The lowest BCUT2D eigenvalue weighted by molar-refractivity contribution is 0.314. The predicted molar refractivity (Wildman–Crippen MR) is 46.5 cm³/mol. The maximum absolute atomic E-state index is 4.48. The number of aromatic nitrogens is 4. The molecule has 7 heteroatoms. The van der Waals surface area contributed by atoms with Gasteiger partial charge in [-0.2, -0.15) is 0 Å². The van der Waals surface area contributed by atoms with Gasteiger partial charge in [0.05, 0.1) is 0 Å². The molecule has 0 saturated heterocycles. The molecular weight excluding hydrogens is 172 g/mol. The third kappa shape index (κ3) is 1.13. The molecule has 68 valence electrons. The fourth-order valence-electron chi connectivity index (χ4n) is 0.987. The van der Waals surface area contributed by atoms with E-state index in [-0.39, 0.29) is 0 Å². The fraction of sp³-hybridized carbons (Fsp3) is 0.333. The quantitative estimate of drug-likeness (QED) is 0.677. The number of rotatable bonds is 2. The van der Waals surface area contributed by atoms with Crippen LogP contribution in [0, 0.1) is 0 Å². The smallest absolute Gasteiger partial charge is 0.245 e. The van der Waals surface area contributed by atoms with Crippen molar-refractivity contribution in [1.82, 2.24) is 20.3 Å². The average molecular weight is 180 g/mol. The summed E-state index contributed by atoms with van der Waals surface area (Å²) in [4.78, 5) is 8.24. The van der Waals surface area contributed by atoms with E-state index in [1.807, 2.05) is 0 Å². The zero-order valence-corrected chi connectivity index (χ0v) is 7.20. The zero-order valence-electron chi connectivity index (χ0n) is 7.20. The molecular formula is C6H8N6O. The van der Waals surface area contributed by atoms with Crippen LogP contribution in [0.1, 0.15) is 0 Å². The van der Waals surface area contributed by atoms with Crippen LogP contribution in [0.4, 0.5) is 11.6 Å². The monoisotopic (exact) mass is 180 g/mol. The van der Waals surface area contributed by atoms with Gasteiger partial charge in [-0.25, -0.2) is 14.6 Å². The molecule has 7 nitrogen and oxygen atoms in total. The van der Waals surface area contributed by atoms with Gasteiger partial charge < -0.3 is 10.6 Å². The second-order valence-corrected chi connectivity index (χ2v) is 2.33. The summed E-state index contributed by atoms with van der Waals surface area (Å²) in [5.74, 6) is 1.23. The lowest BCUT2D eigenvalue weighted by atomic mass is 10.5. The van der Waals surface area contributed by atoms with Gasteiger partial charge in [0.25, 0.3) is 0 Å². The summed E-state index contributed by atoms with van der Waals surface area (Å²) in [7, 11) is 3.51. The minimum Gasteiger partial charge on any atom is -0.370 e. The highest BCUT2D eigenvalue weighted by atomic mass is 16.6. The standard InChI is InChI=1S/C6H8N6O/c1-7-3-4(8-2)10-6-5(9-3)11-13-12-6/h1-2H3,(H,7,9,11)(H,8,10,12). The predicted octanol–water partition coefficient (Wildman–Crippen LogP) is 0.0962. The summed E-state index contributed by atoms with van der Waals surface area (Å²) in [5, 5.41) is 12.9. The summed E-state index contributed by atoms with van der Waals surface area (Å²) < 4.78 is 4.48. The molecule has 13 heavy (non-hydrogen) atoms. The molecule has 2 N–H and O–H groups in total. The van der Waals surface area contributed by atoms with Crippen molar-refractivity contribution in [2.45, 2.75) is 0 Å². The van der Waals surface area contributed by atoms with E-state index in [9.17, 15) is 0 Å². The Morgan fingerprint density at radius 3 is 1.77 bits per heavy atom. The van der Waals surface area contributed by atoms with E-state index in [0.29, 0.717) is 22.9 Å². The van der Waals surface area contributed by atoms with Crippen molar-refractivity contribution >= 4 is 22.9 Å². The molecule has 2 heterocycles. The van der Waals surface area contributed by atoms with Crippen LogP contribution in [0.25, 0.3) is 11.3 Å². The van der Waals surface area contributed by atoms with Crippen LogP contribution in [-0.2, 0) is 0 Å². The Balaban J connectivity index is 2.67. The van der Waals surface area contributed by atoms with Gasteiger partial charge in [-0.05, 0) is 10.3 Å². The molecule has 0 unspecified atom stereocenters. The Morgan fingerprint density at radius 2 is 1.38 bits per heavy atom. The lowest BCUT2D eigenvalue weighted by Gasteiger charge is -2.03. The van der Waals surface area contributed by atoms with Gasteiger partial charge in [0.1, 0.15) is 0 Å². The molecule has 2 aromatic rings. The van der Waals surface area contributed by atoms with E-state index in [4.69, 9.17) is 0 Å². The number of anilines is 2. The highest BCUT2D eigenvalue weighted by molar-refractivity contribution is 5.72. The molecule has 0 amide bonds. The Hall–Kier alpha value is -1.92. The summed E-state index contributed by atoms with van der Waals surface area (Å²) in [6.45, 7) is 0. The van der Waals surface area contributed by atoms with Crippen molar-refractivity contribution in [3.05, 3.63) is 0 Å². The van der Waals surface area contributed by atoms with Gasteiger partial charge in [0.2, 0.25) is 11.3 Å². The van der Waals surface area contributed by atoms with Gasteiger partial charge >= 0.3 is 0 Å². The number of nitrogens with zero attached hydrogens (tertiary/aromatic N) is 4. The third-order valence-corrected chi connectivity index (χ3v) is 1.59. The molecule has 0 atom stereocenters. The van der Waals surface area contributed by atoms with Crippen LogP contribution in [0.3, 0.4) is 0 Å². The molecule has 0 aliphatic heterocycles. The first-order chi connectivity index (χ1) is 6.35. The number of hydrogen-bond acceptors (Lipinski definition) is 7. The van der Waals surface area contributed by atoms with Crippen molar-refractivity contribution in [2.75, 3.05) is 24.7 Å². The SMILES string of the molecule is CNc1nc2nonc2nc1NC. The second kappa shape index (κ2) is 2.85. The molecule has 0 spiro atoms. The molecule has 0 bridgehead atoms. The van der Waals surface area contributed by atoms with E-state index >= 15 is 0 Å². The maximum Gasteiger partial charge on any atom is 0.245 e. The number of hydrogen-bond donors (Lipinski definition) is 2.